The summed E-state index contributed by atoms with van der Waals surface area (Å²) in [7, 11) is 0. The molecule has 1 saturated heterocycles. The molecule has 1 aliphatic rings. The zero-order valence-corrected chi connectivity index (χ0v) is 11.1. The molecule has 1 unspecified atom stereocenters. The summed E-state index contributed by atoms with van der Waals surface area (Å²) in [5, 5.41) is 3.27. The van der Waals surface area contributed by atoms with Gasteiger partial charge in [-0.2, -0.15) is 0 Å². The van der Waals surface area contributed by atoms with E-state index in [1.807, 2.05) is 4.90 Å². The zero-order valence-electron chi connectivity index (χ0n) is 9.55. The van der Waals surface area contributed by atoms with E-state index in [1.54, 1.807) is 0 Å². The molecule has 0 aromatic rings. The van der Waals surface area contributed by atoms with Gasteiger partial charge in [0, 0.05) is 24.8 Å². The quantitative estimate of drug-likeness (QED) is 0.709. The summed E-state index contributed by atoms with van der Waals surface area (Å²) in [5.41, 5.74) is 0. The molecule has 0 spiro atoms. The Morgan fingerprint density at radius 2 is 1.94 bits per heavy atom. The number of hydrogen-bond acceptors (Lipinski definition) is 3. The first kappa shape index (κ1) is 14.2. The van der Waals surface area contributed by atoms with E-state index in [-0.39, 0.29) is 11.8 Å². The minimum Gasteiger partial charge on any atom is -0.307 e. The van der Waals surface area contributed by atoms with Crippen LogP contribution in [0.25, 0.3) is 0 Å². The maximum absolute atomic E-state index is 12.0. The lowest BCUT2D eigenvalue weighted by molar-refractivity contribution is -0.122. The van der Waals surface area contributed by atoms with Gasteiger partial charge in [-0.3, -0.25) is 9.69 Å². The minimum atomic E-state index is 0.0434. The molecule has 94 valence electrons. The SMILES string of the molecule is O=C(CN(CCCl)CCCl)C1CCCCN1. The number of halogens is 2. The van der Waals surface area contributed by atoms with Crippen LogP contribution in [0.1, 0.15) is 19.3 Å². The number of piperidine rings is 1. The Balaban J connectivity index is 2.33. The van der Waals surface area contributed by atoms with Crippen molar-refractivity contribution >= 4 is 29.0 Å². The number of Topliss-reactive ketones (excluding diaryl/α,β-unsaturated/α-hetero) is 1. The molecule has 0 radical (unpaired) electrons. The third kappa shape index (κ3) is 5.00. The first-order valence-electron chi connectivity index (χ1n) is 5.88. The van der Waals surface area contributed by atoms with Crippen LogP contribution in [-0.2, 0) is 4.79 Å². The number of nitrogens with zero attached hydrogens (tertiary/aromatic N) is 1. The van der Waals surface area contributed by atoms with Crippen LogP contribution in [0.4, 0.5) is 0 Å². The fourth-order valence-electron chi connectivity index (χ4n) is 1.97. The summed E-state index contributed by atoms with van der Waals surface area (Å²) >= 11 is 11.4. The normalized spacial score (nSPS) is 21.3. The van der Waals surface area contributed by atoms with Gasteiger partial charge >= 0.3 is 0 Å². The summed E-state index contributed by atoms with van der Waals surface area (Å²) in [6, 6.07) is 0.0434. The summed E-state index contributed by atoms with van der Waals surface area (Å²) in [4.78, 5) is 14.0. The molecule has 1 N–H and O–H groups in total. The van der Waals surface area contributed by atoms with Crippen LogP contribution < -0.4 is 5.32 Å². The van der Waals surface area contributed by atoms with E-state index in [2.05, 4.69) is 5.32 Å². The molecule has 0 aromatic carbocycles. The lowest BCUT2D eigenvalue weighted by Gasteiger charge is -2.26. The Kier molecular flexibility index (Phi) is 7.37. The largest absolute Gasteiger partial charge is 0.307 e. The van der Waals surface area contributed by atoms with Crippen molar-refractivity contribution in [2.75, 3.05) is 37.9 Å². The van der Waals surface area contributed by atoms with E-state index in [1.165, 1.54) is 6.42 Å². The first-order chi connectivity index (χ1) is 7.77. The third-order valence-corrected chi connectivity index (χ3v) is 3.22. The van der Waals surface area contributed by atoms with Gasteiger partial charge in [-0.1, -0.05) is 6.42 Å². The van der Waals surface area contributed by atoms with Crippen molar-refractivity contribution in [3.8, 4) is 0 Å². The molecule has 0 saturated carbocycles. The highest BCUT2D eigenvalue weighted by Gasteiger charge is 2.21. The van der Waals surface area contributed by atoms with Crippen molar-refractivity contribution in [1.82, 2.24) is 10.2 Å². The average molecular weight is 267 g/mol. The van der Waals surface area contributed by atoms with Gasteiger partial charge in [-0.15, -0.1) is 23.2 Å². The second kappa shape index (κ2) is 8.29. The Bertz CT molecular complexity index is 202. The number of ketones is 1. The highest BCUT2D eigenvalue weighted by molar-refractivity contribution is 6.18. The molecule has 0 amide bonds. The molecule has 0 aliphatic carbocycles. The Labute approximate surface area is 107 Å². The molecule has 5 heteroatoms. The lowest BCUT2D eigenvalue weighted by Crippen LogP contribution is -2.46. The average Bonchev–Trinajstić information content (AvgIpc) is 2.31. The second-order valence-corrected chi connectivity index (χ2v) is 4.88. The molecule has 1 heterocycles. The standard InChI is InChI=1S/C11H20Cl2N2O/c12-4-7-15(8-5-13)9-11(16)10-3-1-2-6-14-10/h10,14H,1-9H2. The molecule has 1 atom stereocenters. The van der Waals surface area contributed by atoms with Crippen molar-refractivity contribution in [3.05, 3.63) is 0 Å². The van der Waals surface area contributed by atoms with E-state index in [0.717, 1.165) is 32.5 Å². The van der Waals surface area contributed by atoms with Crippen molar-refractivity contribution in [1.29, 1.82) is 0 Å². The second-order valence-electron chi connectivity index (χ2n) is 4.12. The molecule has 1 aliphatic heterocycles. The molecule has 0 aromatic heterocycles. The van der Waals surface area contributed by atoms with Crippen molar-refractivity contribution in [3.63, 3.8) is 0 Å². The number of hydrogen-bond donors (Lipinski definition) is 1. The Hall–Kier alpha value is 0.170. The monoisotopic (exact) mass is 266 g/mol. The van der Waals surface area contributed by atoms with Crippen molar-refractivity contribution in [2.24, 2.45) is 0 Å². The van der Waals surface area contributed by atoms with Gasteiger partial charge in [0.1, 0.15) is 0 Å². The van der Waals surface area contributed by atoms with Gasteiger partial charge < -0.3 is 5.32 Å². The Morgan fingerprint density at radius 3 is 2.44 bits per heavy atom. The maximum atomic E-state index is 12.0. The summed E-state index contributed by atoms with van der Waals surface area (Å²) in [6.07, 6.45) is 3.29. The topological polar surface area (TPSA) is 32.3 Å². The lowest BCUT2D eigenvalue weighted by atomic mass is 10.0. The van der Waals surface area contributed by atoms with Gasteiger partial charge in [-0.05, 0) is 19.4 Å². The van der Waals surface area contributed by atoms with E-state index in [4.69, 9.17) is 23.2 Å². The van der Waals surface area contributed by atoms with Crippen LogP contribution in [0.2, 0.25) is 0 Å². The Morgan fingerprint density at radius 1 is 1.25 bits per heavy atom. The van der Waals surface area contributed by atoms with Crippen LogP contribution in [0.3, 0.4) is 0 Å². The van der Waals surface area contributed by atoms with Gasteiger partial charge in [-0.25, -0.2) is 0 Å². The van der Waals surface area contributed by atoms with Gasteiger partial charge in [0.15, 0.2) is 5.78 Å². The van der Waals surface area contributed by atoms with E-state index in [0.29, 0.717) is 18.3 Å². The van der Waals surface area contributed by atoms with Crippen LogP contribution >= 0.6 is 23.2 Å². The van der Waals surface area contributed by atoms with E-state index in [9.17, 15) is 4.79 Å². The van der Waals surface area contributed by atoms with Gasteiger partial charge in [0.05, 0.1) is 12.6 Å². The first-order valence-corrected chi connectivity index (χ1v) is 6.95. The predicted octanol–water partition coefficient (Wildman–Crippen LogP) is 1.48. The zero-order chi connectivity index (χ0) is 11.8. The maximum Gasteiger partial charge on any atom is 0.163 e. The summed E-state index contributed by atoms with van der Waals surface area (Å²) in [5.74, 6) is 1.36. The molecule has 16 heavy (non-hydrogen) atoms. The molecule has 3 nitrogen and oxygen atoms in total. The van der Waals surface area contributed by atoms with Crippen LogP contribution in [0.15, 0.2) is 0 Å². The summed E-state index contributed by atoms with van der Waals surface area (Å²) < 4.78 is 0. The predicted molar refractivity (Wildman–Crippen MR) is 68.5 cm³/mol. The van der Waals surface area contributed by atoms with Crippen LogP contribution in [-0.4, -0.2) is 54.7 Å². The number of carbonyl (C=O) groups is 1. The smallest absolute Gasteiger partial charge is 0.163 e. The van der Waals surface area contributed by atoms with Crippen molar-refractivity contribution < 1.29 is 4.79 Å². The number of rotatable bonds is 7. The van der Waals surface area contributed by atoms with E-state index < -0.39 is 0 Å². The molecule has 0 bridgehead atoms. The molecule has 1 rings (SSSR count). The van der Waals surface area contributed by atoms with E-state index >= 15 is 0 Å². The molecule has 1 fully saturated rings. The highest BCUT2D eigenvalue weighted by Crippen LogP contribution is 2.08. The highest BCUT2D eigenvalue weighted by atomic mass is 35.5. The van der Waals surface area contributed by atoms with Crippen molar-refractivity contribution in [2.45, 2.75) is 25.3 Å². The van der Waals surface area contributed by atoms with Gasteiger partial charge in [0.25, 0.3) is 0 Å². The molecular formula is C11H20Cl2N2O. The van der Waals surface area contributed by atoms with Gasteiger partial charge in [0.2, 0.25) is 0 Å². The van der Waals surface area contributed by atoms with Crippen LogP contribution in [0.5, 0.6) is 0 Å². The van der Waals surface area contributed by atoms with Crippen LogP contribution in [0, 0.1) is 0 Å². The fraction of sp³-hybridized carbons (Fsp3) is 0.909. The minimum absolute atomic E-state index is 0.0434. The number of alkyl halides is 2. The summed E-state index contributed by atoms with van der Waals surface area (Å²) in [6.45, 7) is 2.89. The molecular weight excluding hydrogens is 247 g/mol. The number of nitrogens with one attached hydrogen (secondary N) is 1. The fourth-order valence-corrected chi connectivity index (χ4v) is 2.44. The number of carbonyl (C=O) groups excluding carboxylic acids is 1. The third-order valence-electron chi connectivity index (χ3n) is 2.88.